The number of aromatic nitrogens is 4. The number of piperidine rings is 1. The summed E-state index contributed by atoms with van der Waals surface area (Å²) in [6, 6.07) is 10.3. The number of nitrogen functional groups attached to an aromatic ring is 2. The Morgan fingerprint density at radius 3 is 2.82 bits per heavy atom. The summed E-state index contributed by atoms with van der Waals surface area (Å²) in [7, 11) is 0. The predicted octanol–water partition coefficient (Wildman–Crippen LogP) is 2.53. The van der Waals surface area contributed by atoms with Crippen molar-refractivity contribution in [3.63, 3.8) is 0 Å². The molecular formula is C23H21BrN8O2. The SMILES string of the molecule is Nc1ccc2c3c(N)ncnc3n(CC(=O)N3[C@@H]4CC4C[C@H]3C(=O)Nc3cccc(Br)n3)c2c1. The predicted molar refractivity (Wildman–Crippen MR) is 132 cm³/mol. The molecule has 1 aliphatic carbocycles. The van der Waals surface area contributed by atoms with Crippen LogP contribution in [0.2, 0.25) is 0 Å². The Morgan fingerprint density at radius 2 is 2.00 bits per heavy atom. The molecule has 3 aromatic heterocycles. The Morgan fingerprint density at radius 1 is 1.15 bits per heavy atom. The van der Waals surface area contributed by atoms with E-state index in [9.17, 15) is 9.59 Å². The second kappa shape index (κ2) is 7.66. The minimum absolute atomic E-state index is 0.0159. The summed E-state index contributed by atoms with van der Waals surface area (Å²) in [6.45, 7) is 0.0159. The van der Waals surface area contributed by atoms with Crippen LogP contribution >= 0.6 is 15.9 Å². The molecular weight excluding hydrogens is 500 g/mol. The van der Waals surface area contributed by atoms with Gasteiger partial charge in [0, 0.05) is 17.1 Å². The summed E-state index contributed by atoms with van der Waals surface area (Å²) in [4.78, 5) is 41.2. The first-order valence-corrected chi connectivity index (χ1v) is 11.7. The molecule has 2 amide bonds. The third kappa shape index (κ3) is 3.35. The normalized spacial score (nSPS) is 21.1. The molecule has 4 aromatic rings. The molecule has 1 aliphatic heterocycles. The van der Waals surface area contributed by atoms with Crippen LogP contribution in [0.1, 0.15) is 12.8 Å². The topological polar surface area (TPSA) is 145 Å². The molecule has 0 spiro atoms. The highest BCUT2D eigenvalue weighted by atomic mass is 79.9. The summed E-state index contributed by atoms with van der Waals surface area (Å²) >= 11 is 3.31. The standard InChI is InChI=1S/C23H21BrN8O2/c24-17-2-1-3-18(29-17)30-23(34)16-7-11-6-14(11)32(16)19(33)9-31-15-8-12(25)4-5-13(15)20-21(26)27-10-28-22(20)31/h1-5,8,10-11,14,16H,6-7,9,25H2,(H2,26,27,28)(H,29,30,34)/t11?,14-,16+/m1/s1. The van der Waals surface area contributed by atoms with Crippen LogP contribution in [0, 0.1) is 5.92 Å². The lowest BCUT2D eigenvalue weighted by molar-refractivity contribution is -0.138. The average Bonchev–Trinajstić information content (AvgIpc) is 3.35. The highest BCUT2D eigenvalue weighted by Gasteiger charge is 2.56. The number of hydrogen-bond donors (Lipinski definition) is 3. The van der Waals surface area contributed by atoms with Gasteiger partial charge in [-0.25, -0.2) is 15.0 Å². The Bertz CT molecular complexity index is 1480. The fourth-order valence-electron chi connectivity index (χ4n) is 5.06. The number of nitrogens with zero attached hydrogens (tertiary/aromatic N) is 5. The summed E-state index contributed by atoms with van der Waals surface area (Å²) in [5, 5.41) is 4.36. The van der Waals surface area contributed by atoms with Crippen LogP contribution < -0.4 is 16.8 Å². The molecule has 2 aliphatic rings. The molecule has 10 nitrogen and oxygen atoms in total. The number of fused-ring (bicyclic) bond motifs is 4. The van der Waals surface area contributed by atoms with E-state index in [4.69, 9.17) is 11.5 Å². The van der Waals surface area contributed by atoms with Gasteiger partial charge in [0.25, 0.3) is 0 Å². The van der Waals surface area contributed by atoms with Crippen LogP contribution in [0.3, 0.4) is 0 Å². The smallest absolute Gasteiger partial charge is 0.248 e. The highest BCUT2D eigenvalue weighted by molar-refractivity contribution is 9.10. The van der Waals surface area contributed by atoms with Crippen molar-refractivity contribution < 1.29 is 9.59 Å². The van der Waals surface area contributed by atoms with E-state index in [1.807, 2.05) is 10.6 Å². The number of hydrogen-bond acceptors (Lipinski definition) is 7. The number of anilines is 3. The van der Waals surface area contributed by atoms with Gasteiger partial charge in [0.1, 0.15) is 40.8 Å². The van der Waals surface area contributed by atoms with Crippen LogP contribution in [0.25, 0.3) is 21.9 Å². The van der Waals surface area contributed by atoms with Crippen molar-refractivity contribution in [1.82, 2.24) is 24.4 Å². The lowest BCUT2D eigenvalue weighted by Crippen LogP contribution is -2.46. The summed E-state index contributed by atoms with van der Waals surface area (Å²) < 4.78 is 2.43. The Hall–Kier alpha value is -3.73. The zero-order chi connectivity index (χ0) is 23.6. The third-order valence-electron chi connectivity index (χ3n) is 6.65. The zero-order valence-electron chi connectivity index (χ0n) is 18.0. The number of rotatable bonds is 4. The van der Waals surface area contributed by atoms with Gasteiger partial charge >= 0.3 is 0 Å². The number of pyridine rings is 1. The van der Waals surface area contributed by atoms with Crippen LogP contribution in [-0.4, -0.2) is 48.3 Å². The quantitative estimate of drug-likeness (QED) is 0.276. The molecule has 5 N–H and O–H groups in total. The number of halogens is 1. The van der Waals surface area contributed by atoms with Gasteiger partial charge in [0.2, 0.25) is 11.8 Å². The summed E-state index contributed by atoms with van der Waals surface area (Å²) in [5.41, 5.74) is 14.1. The lowest BCUT2D eigenvalue weighted by atomic mass is 10.1. The molecule has 1 saturated carbocycles. The van der Waals surface area contributed by atoms with Gasteiger partial charge in [-0.2, -0.15) is 0 Å². The third-order valence-corrected chi connectivity index (χ3v) is 7.09. The second-order valence-corrected chi connectivity index (χ2v) is 9.58. The largest absolute Gasteiger partial charge is 0.399 e. The van der Waals surface area contributed by atoms with Gasteiger partial charge in [-0.3, -0.25) is 9.59 Å². The number of carbonyl (C=O) groups is 2. The molecule has 11 heteroatoms. The van der Waals surface area contributed by atoms with Crippen molar-refractivity contribution in [3.8, 4) is 0 Å². The van der Waals surface area contributed by atoms with E-state index in [0.717, 1.165) is 17.3 Å². The van der Waals surface area contributed by atoms with E-state index in [1.165, 1.54) is 6.33 Å². The van der Waals surface area contributed by atoms with Gasteiger partial charge < -0.3 is 26.3 Å². The first-order chi connectivity index (χ1) is 16.4. The van der Waals surface area contributed by atoms with Crippen molar-refractivity contribution in [2.75, 3.05) is 16.8 Å². The van der Waals surface area contributed by atoms with Gasteiger partial charge in [0.05, 0.1) is 10.9 Å². The molecule has 172 valence electrons. The van der Waals surface area contributed by atoms with Crippen LogP contribution in [-0.2, 0) is 16.1 Å². The van der Waals surface area contributed by atoms with Crippen LogP contribution in [0.5, 0.6) is 0 Å². The van der Waals surface area contributed by atoms with E-state index >= 15 is 0 Å². The molecule has 34 heavy (non-hydrogen) atoms. The van der Waals surface area contributed by atoms with E-state index in [0.29, 0.717) is 45.3 Å². The minimum atomic E-state index is -0.546. The van der Waals surface area contributed by atoms with E-state index < -0.39 is 6.04 Å². The second-order valence-electron chi connectivity index (χ2n) is 8.77. The fourth-order valence-corrected chi connectivity index (χ4v) is 5.41. The molecule has 2 fully saturated rings. The van der Waals surface area contributed by atoms with Crippen molar-refractivity contribution in [1.29, 1.82) is 0 Å². The Labute approximate surface area is 202 Å². The highest BCUT2D eigenvalue weighted by Crippen LogP contribution is 2.48. The molecule has 4 heterocycles. The van der Waals surface area contributed by atoms with Crippen LogP contribution in [0.4, 0.5) is 17.3 Å². The van der Waals surface area contributed by atoms with E-state index in [-0.39, 0.29) is 24.4 Å². The lowest BCUT2D eigenvalue weighted by Gasteiger charge is -2.27. The first kappa shape index (κ1) is 20.8. The van der Waals surface area contributed by atoms with E-state index in [1.54, 1.807) is 35.2 Å². The zero-order valence-corrected chi connectivity index (χ0v) is 19.6. The van der Waals surface area contributed by atoms with Crippen molar-refractivity contribution >= 4 is 67.0 Å². The number of carbonyl (C=O) groups excluding carboxylic acids is 2. The molecule has 1 aromatic carbocycles. The maximum Gasteiger partial charge on any atom is 0.248 e. The maximum atomic E-state index is 13.6. The van der Waals surface area contributed by atoms with Gasteiger partial charge in [-0.15, -0.1) is 0 Å². The number of nitrogens with one attached hydrogen (secondary N) is 1. The average molecular weight is 521 g/mol. The number of likely N-dealkylation sites (tertiary alicyclic amines) is 1. The molecule has 1 unspecified atom stereocenters. The Balaban J connectivity index is 1.33. The minimum Gasteiger partial charge on any atom is -0.399 e. The van der Waals surface area contributed by atoms with Gasteiger partial charge in [-0.1, -0.05) is 6.07 Å². The van der Waals surface area contributed by atoms with E-state index in [2.05, 4.69) is 36.2 Å². The van der Waals surface area contributed by atoms with Gasteiger partial charge in [0.15, 0.2) is 0 Å². The molecule has 0 bridgehead atoms. The molecule has 6 rings (SSSR count). The van der Waals surface area contributed by atoms with Crippen molar-refractivity contribution in [3.05, 3.63) is 47.3 Å². The Kier molecular flexibility index (Phi) is 4.70. The number of benzene rings is 1. The summed E-state index contributed by atoms with van der Waals surface area (Å²) in [5.74, 6) is 0.752. The number of amides is 2. The monoisotopic (exact) mass is 520 g/mol. The summed E-state index contributed by atoms with van der Waals surface area (Å²) in [6.07, 6.45) is 2.94. The molecule has 3 atom stereocenters. The molecule has 1 saturated heterocycles. The maximum absolute atomic E-state index is 13.6. The van der Waals surface area contributed by atoms with Gasteiger partial charge in [-0.05, 0) is 65.0 Å². The number of nitrogens with two attached hydrogens (primary N) is 2. The van der Waals surface area contributed by atoms with Crippen molar-refractivity contribution in [2.24, 2.45) is 5.92 Å². The van der Waals surface area contributed by atoms with Crippen LogP contribution in [0.15, 0.2) is 47.3 Å². The van der Waals surface area contributed by atoms with Crippen molar-refractivity contribution in [2.45, 2.75) is 31.5 Å². The first-order valence-electron chi connectivity index (χ1n) is 10.9. The fraction of sp³-hybridized carbons (Fsp3) is 0.261. The molecule has 0 radical (unpaired) electrons.